The van der Waals surface area contributed by atoms with Crippen molar-refractivity contribution in [2.45, 2.75) is 13.8 Å². The maximum atomic E-state index is 13.2. The first-order valence-corrected chi connectivity index (χ1v) is 10.3. The standard InChI is InChI=1S/C22H17BrN4O2S/c1-13-9-15(14(2)26(13)18-7-4-8-24-12-18)10-19-20(28)25-22(30)27(21(19)29)17-6-3-5-16(23)11-17/h3-12H,1-2H3,(H,25,28,30). The molecular formula is C22H17BrN4O2S. The minimum absolute atomic E-state index is 0.0232. The van der Waals surface area contributed by atoms with E-state index in [4.69, 9.17) is 12.2 Å². The molecule has 1 aliphatic rings. The van der Waals surface area contributed by atoms with E-state index in [0.29, 0.717) is 5.69 Å². The van der Waals surface area contributed by atoms with Crippen molar-refractivity contribution in [2.24, 2.45) is 0 Å². The fourth-order valence-electron chi connectivity index (χ4n) is 3.48. The zero-order valence-electron chi connectivity index (χ0n) is 16.2. The Morgan fingerprint density at radius 2 is 1.87 bits per heavy atom. The molecule has 2 amide bonds. The van der Waals surface area contributed by atoms with Gasteiger partial charge < -0.3 is 4.57 Å². The Morgan fingerprint density at radius 1 is 1.10 bits per heavy atom. The van der Waals surface area contributed by atoms with Gasteiger partial charge >= 0.3 is 0 Å². The second-order valence-corrected chi connectivity index (χ2v) is 8.11. The number of thiocarbonyl (C=S) groups is 1. The van der Waals surface area contributed by atoms with Crippen LogP contribution in [0.3, 0.4) is 0 Å². The second-order valence-electron chi connectivity index (χ2n) is 6.81. The van der Waals surface area contributed by atoms with Crippen LogP contribution in [0, 0.1) is 13.8 Å². The van der Waals surface area contributed by atoms with Gasteiger partial charge in [0.1, 0.15) is 5.57 Å². The largest absolute Gasteiger partial charge is 0.316 e. The van der Waals surface area contributed by atoms with E-state index < -0.39 is 11.8 Å². The van der Waals surface area contributed by atoms with Gasteiger partial charge in [0.05, 0.1) is 17.6 Å². The second kappa shape index (κ2) is 7.97. The van der Waals surface area contributed by atoms with Gasteiger partial charge in [0.25, 0.3) is 11.8 Å². The fraction of sp³-hybridized carbons (Fsp3) is 0.0909. The van der Waals surface area contributed by atoms with Crippen molar-refractivity contribution in [3.63, 3.8) is 0 Å². The van der Waals surface area contributed by atoms with E-state index >= 15 is 0 Å². The monoisotopic (exact) mass is 480 g/mol. The average Bonchev–Trinajstić information content (AvgIpc) is 2.99. The molecule has 0 saturated carbocycles. The molecule has 0 spiro atoms. The highest BCUT2D eigenvalue weighted by atomic mass is 79.9. The van der Waals surface area contributed by atoms with Crippen molar-refractivity contribution in [1.29, 1.82) is 0 Å². The van der Waals surface area contributed by atoms with Crippen LogP contribution in [0.2, 0.25) is 0 Å². The summed E-state index contributed by atoms with van der Waals surface area (Å²) in [5.74, 6) is -0.976. The summed E-state index contributed by atoms with van der Waals surface area (Å²) in [7, 11) is 0. The number of amides is 2. The molecule has 1 N–H and O–H groups in total. The number of pyridine rings is 1. The lowest BCUT2D eigenvalue weighted by atomic mass is 10.1. The maximum absolute atomic E-state index is 13.2. The number of anilines is 1. The Morgan fingerprint density at radius 3 is 2.57 bits per heavy atom. The lowest BCUT2D eigenvalue weighted by Gasteiger charge is -2.29. The summed E-state index contributed by atoms with van der Waals surface area (Å²) in [4.78, 5) is 31.3. The predicted molar refractivity (Wildman–Crippen MR) is 123 cm³/mol. The van der Waals surface area contributed by atoms with E-state index in [-0.39, 0.29) is 10.7 Å². The van der Waals surface area contributed by atoms with Crippen LogP contribution in [0.4, 0.5) is 5.69 Å². The van der Waals surface area contributed by atoms with E-state index in [9.17, 15) is 9.59 Å². The van der Waals surface area contributed by atoms with E-state index in [0.717, 1.165) is 27.1 Å². The third kappa shape index (κ3) is 3.59. The third-order valence-electron chi connectivity index (χ3n) is 4.84. The number of hydrogen-bond donors (Lipinski definition) is 1. The highest BCUT2D eigenvalue weighted by Crippen LogP contribution is 2.27. The Balaban J connectivity index is 1.77. The maximum Gasteiger partial charge on any atom is 0.270 e. The Kier molecular flexibility index (Phi) is 5.36. The summed E-state index contributed by atoms with van der Waals surface area (Å²) in [6.07, 6.45) is 5.09. The lowest BCUT2D eigenvalue weighted by Crippen LogP contribution is -2.54. The van der Waals surface area contributed by atoms with Crippen LogP contribution in [0.5, 0.6) is 0 Å². The van der Waals surface area contributed by atoms with E-state index in [2.05, 4.69) is 26.2 Å². The van der Waals surface area contributed by atoms with Gasteiger partial charge in [-0.2, -0.15) is 0 Å². The van der Waals surface area contributed by atoms with Gasteiger partial charge in [-0.25, -0.2) is 0 Å². The predicted octanol–water partition coefficient (Wildman–Crippen LogP) is 4.08. The van der Waals surface area contributed by atoms with Gasteiger partial charge in [-0.3, -0.25) is 24.8 Å². The molecule has 0 radical (unpaired) electrons. The minimum atomic E-state index is -0.512. The van der Waals surface area contributed by atoms with Crippen molar-refractivity contribution in [3.8, 4) is 5.69 Å². The third-order valence-corrected chi connectivity index (χ3v) is 5.62. The highest BCUT2D eigenvalue weighted by Gasteiger charge is 2.34. The number of carbonyl (C=O) groups is 2. The minimum Gasteiger partial charge on any atom is -0.316 e. The van der Waals surface area contributed by atoms with Gasteiger partial charge in [0.2, 0.25) is 0 Å². The van der Waals surface area contributed by atoms with Crippen molar-refractivity contribution in [3.05, 3.63) is 81.9 Å². The summed E-state index contributed by atoms with van der Waals surface area (Å²) in [5, 5.41) is 2.67. The zero-order chi connectivity index (χ0) is 21.4. The molecule has 2 aromatic heterocycles. The Bertz CT molecular complexity index is 1220. The molecule has 0 bridgehead atoms. The topological polar surface area (TPSA) is 67.2 Å². The molecule has 3 heterocycles. The molecule has 1 saturated heterocycles. The summed E-state index contributed by atoms with van der Waals surface area (Å²) < 4.78 is 2.83. The van der Waals surface area contributed by atoms with Gasteiger partial charge in [-0.1, -0.05) is 22.0 Å². The van der Waals surface area contributed by atoms with Crippen molar-refractivity contribution < 1.29 is 9.59 Å². The first kappa shape index (κ1) is 20.2. The number of rotatable bonds is 3. The normalized spacial score (nSPS) is 15.6. The van der Waals surface area contributed by atoms with Crippen LogP contribution in [0.1, 0.15) is 17.0 Å². The molecule has 4 rings (SSSR count). The van der Waals surface area contributed by atoms with E-state index in [1.165, 1.54) is 4.90 Å². The van der Waals surface area contributed by atoms with Crippen LogP contribution in [-0.2, 0) is 9.59 Å². The van der Waals surface area contributed by atoms with Crippen LogP contribution in [0.25, 0.3) is 11.8 Å². The molecular weight excluding hydrogens is 464 g/mol. The SMILES string of the molecule is Cc1cc(C=C2C(=O)NC(=S)N(c3cccc(Br)c3)C2=O)c(C)n1-c1cccnc1. The average molecular weight is 481 g/mol. The number of nitrogens with zero attached hydrogens (tertiary/aromatic N) is 3. The van der Waals surface area contributed by atoms with Gasteiger partial charge in [0.15, 0.2) is 5.11 Å². The van der Waals surface area contributed by atoms with Crippen LogP contribution < -0.4 is 10.2 Å². The number of hydrogen-bond acceptors (Lipinski definition) is 4. The molecule has 1 aliphatic heterocycles. The summed E-state index contributed by atoms with van der Waals surface area (Å²) in [5.41, 5.74) is 4.15. The summed E-state index contributed by atoms with van der Waals surface area (Å²) >= 11 is 8.66. The molecule has 150 valence electrons. The molecule has 8 heteroatoms. The molecule has 30 heavy (non-hydrogen) atoms. The molecule has 1 aromatic carbocycles. The van der Waals surface area contributed by atoms with Crippen LogP contribution >= 0.6 is 28.1 Å². The van der Waals surface area contributed by atoms with Crippen molar-refractivity contribution >= 4 is 56.8 Å². The molecule has 0 unspecified atom stereocenters. The van der Waals surface area contributed by atoms with Gasteiger partial charge in [-0.15, -0.1) is 0 Å². The van der Waals surface area contributed by atoms with E-state index in [1.807, 2.05) is 42.7 Å². The van der Waals surface area contributed by atoms with Crippen molar-refractivity contribution in [2.75, 3.05) is 4.90 Å². The highest BCUT2D eigenvalue weighted by molar-refractivity contribution is 9.10. The summed E-state index contributed by atoms with van der Waals surface area (Å²) in [6, 6.07) is 12.9. The first-order chi connectivity index (χ1) is 14.4. The fourth-order valence-corrected chi connectivity index (χ4v) is 4.15. The van der Waals surface area contributed by atoms with Gasteiger partial charge in [-0.05, 0) is 74.1 Å². The van der Waals surface area contributed by atoms with E-state index in [1.54, 1.807) is 36.7 Å². The number of aromatic nitrogens is 2. The Labute approximate surface area is 187 Å². The number of aryl methyl sites for hydroxylation is 1. The molecule has 6 nitrogen and oxygen atoms in total. The molecule has 3 aromatic rings. The molecule has 0 aliphatic carbocycles. The number of nitrogens with one attached hydrogen (secondary N) is 1. The number of carbonyl (C=O) groups excluding carboxylic acids is 2. The van der Waals surface area contributed by atoms with Crippen LogP contribution in [0.15, 0.2) is 64.9 Å². The quantitative estimate of drug-likeness (QED) is 0.348. The molecule has 0 atom stereocenters. The number of benzene rings is 1. The Hall–Kier alpha value is -3.10. The van der Waals surface area contributed by atoms with Crippen molar-refractivity contribution in [1.82, 2.24) is 14.9 Å². The van der Waals surface area contributed by atoms with Gasteiger partial charge in [0, 0.05) is 22.1 Å². The smallest absolute Gasteiger partial charge is 0.270 e. The number of halogens is 1. The molecule has 1 fully saturated rings. The zero-order valence-corrected chi connectivity index (χ0v) is 18.6. The lowest BCUT2D eigenvalue weighted by molar-refractivity contribution is -0.122. The first-order valence-electron chi connectivity index (χ1n) is 9.13. The summed E-state index contributed by atoms with van der Waals surface area (Å²) in [6.45, 7) is 3.90. The van der Waals surface area contributed by atoms with Crippen LogP contribution in [-0.4, -0.2) is 26.5 Å².